The van der Waals surface area contributed by atoms with Gasteiger partial charge >= 0.3 is 0 Å². The standard InChI is InChI=1S/C19H31N5O3.HI/c1-19(2,3)15(27-5)11-24-18(21-4)23-10-13-6-8-14(9-7-13)17(26)22-12-16(20)25;/h6-9,15H,10-12H2,1-5H3,(H2,20,25)(H,22,26)(H2,21,23,24);1H. The van der Waals surface area contributed by atoms with Crippen molar-refractivity contribution in [3.05, 3.63) is 35.4 Å². The fourth-order valence-corrected chi connectivity index (χ4v) is 2.38. The van der Waals surface area contributed by atoms with Crippen molar-refractivity contribution in [1.82, 2.24) is 16.0 Å². The summed E-state index contributed by atoms with van der Waals surface area (Å²) in [6, 6.07) is 7.08. The van der Waals surface area contributed by atoms with Crippen molar-refractivity contribution in [1.29, 1.82) is 0 Å². The van der Waals surface area contributed by atoms with Crippen LogP contribution < -0.4 is 21.7 Å². The topological polar surface area (TPSA) is 118 Å². The Morgan fingerprint density at radius 2 is 1.75 bits per heavy atom. The van der Waals surface area contributed by atoms with E-state index in [2.05, 4.69) is 41.7 Å². The van der Waals surface area contributed by atoms with Crippen molar-refractivity contribution in [3.63, 3.8) is 0 Å². The maximum absolute atomic E-state index is 11.9. The summed E-state index contributed by atoms with van der Waals surface area (Å²) in [6.45, 7) is 7.39. The summed E-state index contributed by atoms with van der Waals surface area (Å²) in [5, 5.41) is 8.94. The lowest BCUT2D eigenvalue weighted by atomic mass is 9.89. The van der Waals surface area contributed by atoms with Gasteiger partial charge in [0.05, 0.1) is 12.6 Å². The van der Waals surface area contributed by atoms with Gasteiger partial charge in [-0.3, -0.25) is 14.6 Å². The lowest BCUT2D eigenvalue weighted by Crippen LogP contribution is -2.45. The van der Waals surface area contributed by atoms with Crippen LogP contribution in [0.1, 0.15) is 36.7 Å². The fourth-order valence-electron chi connectivity index (χ4n) is 2.38. The number of carbonyl (C=O) groups is 2. The van der Waals surface area contributed by atoms with Gasteiger partial charge < -0.3 is 26.4 Å². The van der Waals surface area contributed by atoms with Crippen LogP contribution in [0, 0.1) is 5.41 Å². The number of nitrogens with zero attached hydrogens (tertiary/aromatic N) is 1. The maximum atomic E-state index is 11.9. The first-order valence-electron chi connectivity index (χ1n) is 8.80. The van der Waals surface area contributed by atoms with E-state index < -0.39 is 5.91 Å². The number of halogens is 1. The Bertz CT molecular complexity index is 657. The molecule has 0 saturated carbocycles. The highest BCUT2D eigenvalue weighted by Gasteiger charge is 2.24. The molecular weight excluding hydrogens is 473 g/mol. The normalized spacial score (nSPS) is 12.5. The van der Waals surface area contributed by atoms with Gasteiger partial charge in [-0.25, -0.2) is 0 Å². The number of carbonyl (C=O) groups excluding carboxylic acids is 2. The number of nitrogens with one attached hydrogen (secondary N) is 3. The van der Waals surface area contributed by atoms with Crippen molar-refractivity contribution in [2.75, 3.05) is 27.2 Å². The number of hydrogen-bond donors (Lipinski definition) is 4. The smallest absolute Gasteiger partial charge is 0.251 e. The molecule has 8 nitrogen and oxygen atoms in total. The van der Waals surface area contributed by atoms with Crippen LogP contribution in [0.2, 0.25) is 0 Å². The molecule has 0 aliphatic carbocycles. The minimum Gasteiger partial charge on any atom is -0.379 e. The Morgan fingerprint density at radius 3 is 2.21 bits per heavy atom. The first kappa shape index (κ1) is 26.1. The minimum atomic E-state index is -0.578. The van der Waals surface area contributed by atoms with Gasteiger partial charge in [-0.1, -0.05) is 32.9 Å². The predicted molar refractivity (Wildman–Crippen MR) is 122 cm³/mol. The largest absolute Gasteiger partial charge is 0.379 e. The molecule has 0 radical (unpaired) electrons. The second kappa shape index (κ2) is 12.6. The van der Waals surface area contributed by atoms with Crippen LogP contribution in [0.15, 0.2) is 29.3 Å². The minimum absolute atomic E-state index is 0. The number of ether oxygens (including phenoxy) is 1. The number of benzene rings is 1. The summed E-state index contributed by atoms with van der Waals surface area (Å²) < 4.78 is 5.53. The van der Waals surface area contributed by atoms with E-state index in [0.717, 1.165) is 5.56 Å². The van der Waals surface area contributed by atoms with Crippen LogP contribution in [-0.4, -0.2) is 51.1 Å². The molecule has 1 unspecified atom stereocenters. The number of aliphatic imine (C=N–C) groups is 1. The highest BCUT2D eigenvalue weighted by molar-refractivity contribution is 14.0. The number of guanidine groups is 1. The fraction of sp³-hybridized carbons (Fsp3) is 0.526. The Kier molecular flexibility index (Phi) is 11.7. The molecule has 0 aliphatic rings. The average molecular weight is 505 g/mol. The molecule has 0 saturated heterocycles. The third kappa shape index (κ3) is 9.36. The molecular formula is C19H32IN5O3. The number of primary amides is 1. The summed E-state index contributed by atoms with van der Waals surface area (Å²) >= 11 is 0. The molecule has 1 rings (SSSR count). The molecule has 1 aromatic rings. The number of amides is 2. The zero-order valence-corrected chi connectivity index (χ0v) is 19.5. The Morgan fingerprint density at radius 1 is 1.14 bits per heavy atom. The molecule has 0 aliphatic heterocycles. The van der Waals surface area contributed by atoms with Gasteiger partial charge in [-0.05, 0) is 23.1 Å². The zero-order chi connectivity index (χ0) is 20.4. The van der Waals surface area contributed by atoms with Gasteiger partial charge in [0, 0.05) is 32.8 Å². The highest BCUT2D eigenvalue weighted by Crippen LogP contribution is 2.20. The molecule has 0 aromatic heterocycles. The van der Waals surface area contributed by atoms with Gasteiger partial charge in [-0.15, -0.1) is 24.0 Å². The van der Waals surface area contributed by atoms with Crippen molar-refractivity contribution in [3.8, 4) is 0 Å². The lowest BCUT2D eigenvalue weighted by Gasteiger charge is -2.30. The molecule has 9 heteroatoms. The van der Waals surface area contributed by atoms with E-state index in [0.29, 0.717) is 24.6 Å². The average Bonchev–Trinajstić information content (AvgIpc) is 2.62. The second-order valence-corrected chi connectivity index (χ2v) is 7.24. The summed E-state index contributed by atoms with van der Waals surface area (Å²) in [4.78, 5) is 26.8. The predicted octanol–water partition coefficient (Wildman–Crippen LogP) is 1.25. The molecule has 158 valence electrons. The van der Waals surface area contributed by atoms with E-state index in [-0.39, 0.29) is 47.9 Å². The van der Waals surface area contributed by atoms with E-state index in [1.165, 1.54) is 0 Å². The molecule has 0 fully saturated rings. The first-order chi connectivity index (χ1) is 12.7. The van der Waals surface area contributed by atoms with Crippen LogP contribution in [0.5, 0.6) is 0 Å². The number of nitrogens with two attached hydrogens (primary N) is 1. The van der Waals surface area contributed by atoms with Crippen molar-refractivity contribution in [2.45, 2.75) is 33.4 Å². The molecule has 2 amide bonds. The van der Waals surface area contributed by atoms with Crippen LogP contribution in [0.3, 0.4) is 0 Å². The third-order valence-electron chi connectivity index (χ3n) is 4.03. The second-order valence-electron chi connectivity index (χ2n) is 7.24. The number of methoxy groups -OCH3 is 1. The van der Waals surface area contributed by atoms with Crippen LogP contribution in [0.4, 0.5) is 0 Å². The monoisotopic (exact) mass is 505 g/mol. The van der Waals surface area contributed by atoms with Gasteiger partial charge in [0.1, 0.15) is 0 Å². The summed E-state index contributed by atoms with van der Waals surface area (Å²) in [5.74, 6) is -0.242. The zero-order valence-electron chi connectivity index (χ0n) is 17.2. The molecule has 0 bridgehead atoms. The first-order valence-corrected chi connectivity index (χ1v) is 8.80. The van der Waals surface area contributed by atoms with Crippen LogP contribution >= 0.6 is 24.0 Å². The van der Waals surface area contributed by atoms with Crippen LogP contribution in [0.25, 0.3) is 0 Å². The van der Waals surface area contributed by atoms with Gasteiger partial charge in [0.2, 0.25) is 5.91 Å². The number of hydrogen-bond acceptors (Lipinski definition) is 4. The molecule has 0 spiro atoms. The van der Waals surface area contributed by atoms with E-state index >= 15 is 0 Å². The molecule has 28 heavy (non-hydrogen) atoms. The van der Waals surface area contributed by atoms with E-state index in [9.17, 15) is 9.59 Å². The summed E-state index contributed by atoms with van der Waals surface area (Å²) in [5.41, 5.74) is 6.49. The van der Waals surface area contributed by atoms with E-state index in [4.69, 9.17) is 10.5 Å². The lowest BCUT2D eigenvalue weighted by molar-refractivity contribution is -0.117. The van der Waals surface area contributed by atoms with E-state index in [1.54, 1.807) is 26.3 Å². The quantitative estimate of drug-likeness (QED) is 0.241. The van der Waals surface area contributed by atoms with Gasteiger partial charge in [0.25, 0.3) is 5.91 Å². The SMILES string of the molecule is CN=C(NCc1ccc(C(=O)NCC(N)=O)cc1)NCC(OC)C(C)(C)C.I. The van der Waals surface area contributed by atoms with Crippen molar-refractivity contribution < 1.29 is 14.3 Å². The summed E-state index contributed by atoms with van der Waals surface area (Å²) in [7, 11) is 3.41. The van der Waals surface area contributed by atoms with Gasteiger partial charge in [-0.2, -0.15) is 0 Å². The third-order valence-corrected chi connectivity index (χ3v) is 4.03. The molecule has 0 heterocycles. The molecule has 5 N–H and O–H groups in total. The highest BCUT2D eigenvalue weighted by atomic mass is 127. The number of rotatable bonds is 8. The van der Waals surface area contributed by atoms with Crippen LogP contribution in [-0.2, 0) is 16.1 Å². The molecule has 1 aromatic carbocycles. The van der Waals surface area contributed by atoms with Gasteiger partial charge in [0.15, 0.2) is 5.96 Å². The van der Waals surface area contributed by atoms with Crippen molar-refractivity contribution >= 4 is 41.8 Å². The van der Waals surface area contributed by atoms with Crippen molar-refractivity contribution in [2.24, 2.45) is 16.1 Å². The Hall–Kier alpha value is -1.88. The Labute approximate surface area is 184 Å². The Balaban J connectivity index is 0.00000729. The van der Waals surface area contributed by atoms with E-state index in [1.807, 2.05) is 12.1 Å². The maximum Gasteiger partial charge on any atom is 0.251 e. The molecule has 1 atom stereocenters. The summed E-state index contributed by atoms with van der Waals surface area (Å²) in [6.07, 6.45) is 0.0502.